The van der Waals surface area contributed by atoms with Gasteiger partial charge in [-0.2, -0.15) is 5.06 Å². The molecule has 3 saturated heterocycles. The van der Waals surface area contributed by atoms with Crippen LogP contribution < -0.4 is 9.68 Å². The molecule has 6 unspecified atom stereocenters. The van der Waals surface area contributed by atoms with Crippen LogP contribution >= 0.6 is 0 Å². The highest BCUT2D eigenvalue weighted by atomic mass is 16.9. The number of rotatable bonds is 11. The van der Waals surface area contributed by atoms with Crippen LogP contribution in [0.4, 0.5) is 0 Å². The van der Waals surface area contributed by atoms with Gasteiger partial charge < -0.3 is 9.68 Å². The number of benzene rings is 2. The minimum absolute atomic E-state index is 0.0159. The zero-order valence-electron chi connectivity index (χ0n) is 30.6. The van der Waals surface area contributed by atoms with Crippen molar-refractivity contribution in [1.29, 1.82) is 0 Å². The molecule has 2 aromatic carbocycles. The molecule has 3 aliphatic heterocycles. The van der Waals surface area contributed by atoms with Crippen LogP contribution in [0.3, 0.4) is 0 Å². The molecular weight excluding hydrogens is 717 g/mol. The van der Waals surface area contributed by atoms with Crippen LogP contribution in [0.5, 0.6) is 11.5 Å². The van der Waals surface area contributed by atoms with Crippen molar-refractivity contribution < 1.29 is 43.3 Å². The smallest absolute Gasteiger partial charge is 0.267 e. The Bertz CT molecular complexity index is 2120. The third-order valence-corrected chi connectivity index (χ3v) is 14.0. The van der Waals surface area contributed by atoms with Gasteiger partial charge in [0.05, 0.1) is 35.5 Å². The Hall–Kier alpha value is -5.40. The molecule has 3 heterocycles. The van der Waals surface area contributed by atoms with Crippen molar-refractivity contribution in [1.82, 2.24) is 20.1 Å². The molecule has 6 aliphatic carbocycles. The van der Waals surface area contributed by atoms with Gasteiger partial charge in [0.15, 0.2) is 11.5 Å². The fourth-order valence-corrected chi connectivity index (χ4v) is 11.5. The number of carbonyl (C=O) groups is 6. The summed E-state index contributed by atoms with van der Waals surface area (Å²) >= 11 is 0. The minimum atomic E-state index is -0.442. The molecule has 13 nitrogen and oxygen atoms in total. The molecule has 13 heteroatoms. The van der Waals surface area contributed by atoms with Crippen LogP contribution in [-0.2, 0) is 53.3 Å². The van der Waals surface area contributed by atoms with E-state index in [1.54, 1.807) is 12.1 Å². The molecule has 11 rings (SSSR count). The molecule has 6 amide bonds. The highest BCUT2D eigenvalue weighted by molar-refractivity contribution is 6.07. The van der Waals surface area contributed by atoms with Crippen molar-refractivity contribution in [2.45, 2.75) is 39.0 Å². The molecule has 9 aliphatic rings. The molecule has 0 spiro atoms. The maximum Gasteiger partial charge on any atom is 0.267 e. The highest BCUT2D eigenvalue weighted by Crippen LogP contribution is 2.55. The summed E-state index contributed by atoms with van der Waals surface area (Å²) in [5.41, 5.74) is 2.47. The summed E-state index contributed by atoms with van der Waals surface area (Å²) in [5, 5.41) is 2.73. The van der Waals surface area contributed by atoms with E-state index in [1.807, 2.05) is 60.5 Å². The SMILES string of the molecule is CN(Cc1ccc(CON2C(=O)C3C(C2=O)[C@H]2C=C[C@@H]3C2)cc1)Cc1ccc(O[15N]2C(=O)C3C(C2=O)[C@H]2C=C[C@@H]3C2)cc1ON1C(=O)C2C(C1=O)[C@H]1C=C[C@@H]2C1. The van der Waals surface area contributed by atoms with E-state index in [0.29, 0.717) is 18.7 Å². The van der Waals surface area contributed by atoms with Gasteiger partial charge in [-0.05, 0) is 79.0 Å². The Morgan fingerprint density at radius 2 is 0.929 bits per heavy atom. The first kappa shape index (κ1) is 33.9. The Morgan fingerprint density at radius 1 is 0.518 bits per heavy atom. The van der Waals surface area contributed by atoms with E-state index in [1.165, 1.54) is 6.07 Å². The molecule has 6 fully saturated rings. The van der Waals surface area contributed by atoms with Gasteiger partial charge in [0, 0.05) is 24.7 Å². The van der Waals surface area contributed by atoms with Gasteiger partial charge in [-0.15, -0.1) is 10.1 Å². The summed E-state index contributed by atoms with van der Waals surface area (Å²) in [6, 6.07) is 12.7. The molecule has 56 heavy (non-hydrogen) atoms. The number of nitrogens with zero attached hydrogens (tertiary/aromatic N) is 4. The number of amides is 6. The van der Waals surface area contributed by atoms with Crippen molar-refractivity contribution in [2.75, 3.05) is 7.05 Å². The van der Waals surface area contributed by atoms with Gasteiger partial charge in [0.25, 0.3) is 35.4 Å². The summed E-state index contributed by atoms with van der Waals surface area (Å²) in [6.07, 6.45) is 14.7. The second kappa shape index (κ2) is 12.3. The molecular formula is C43H40N4O9. The van der Waals surface area contributed by atoms with Crippen LogP contribution in [0.2, 0.25) is 0 Å². The molecule has 2 aromatic rings. The van der Waals surface area contributed by atoms with Crippen molar-refractivity contribution in [3.8, 4) is 11.5 Å². The Balaban J connectivity index is 0.782. The number of hydroxylamine groups is 6. The van der Waals surface area contributed by atoms with Gasteiger partial charge in [-0.25, -0.2) is 0 Å². The molecule has 0 N–H and O–H groups in total. The summed E-state index contributed by atoms with van der Waals surface area (Å²) in [7, 11) is 1.93. The zero-order chi connectivity index (χ0) is 38.1. The average molecular weight is 758 g/mol. The second-order valence-corrected chi connectivity index (χ2v) is 17.1. The first-order valence-electron chi connectivity index (χ1n) is 19.7. The zero-order valence-corrected chi connectivity index (χ0v) is 30.6. The normalized spacial score (nSPS) is 36.4. The van der Waals surface area contributed by atoms with Gasteiger partial charge in [-0.3, -0.25) is 38.5 Å². The first-order chi connectivity index (χ1) is 27.1. The number of carbonyl (C=O) groups excluding carboxylic acids is 6. The fourth-order valence-electron chi connectivity index (χ4n) is 11.5. The number of hydrogen-bond acceptors (Lipinski definition) is 10. The Kier molecular flexibility index (Phi) is 7.44. The molecule has 0 aromatic heterocycles. The topological polar surface area (TPSA) is 143 Å². The number of fused-ring (bicyclic) bond motifs is 15. The van der Waals surface area contributed by atoms with Crippen LogP contribution in [0.1, 0.15) is 36.0 Å². The fraction of sp³-hybridized carbons (Fsp3) is 0.442. The van der Waals surface area contributed by atoms with Crippen molar-refractivity contribution >= 4 is 35.4 Å². The lowest BCUT2D eigenvalue weighted by Crippen LogP contribution is -2.37. The van der Waals surface area contributed by atoms with E-state index < -0.39 is 23.7 Å². The number of allylic oxidation sites excluding steroid dienone is 6. The van der Waals surface area contributed by atoms with E-state index in [9.17, 15) is 28.8 Å². The van der Waals surface area contributed by atoms with Crippen LogP contribution in [0, 0.1) is 71.0 Å². The number of hydrogen-bond donors (Lipinski definition) is 0. The van der Waals surface area contributed by atoms with Crippen molar-refractivity contribution in [3.63, 3.8) is 0 Å². The largest absolute Gasteiger partial charge is 0.369 e. The molecule has 12 atom stereocenters. The Labute approximate surface area is 322 Å². The van der Waals surface area contributed by atoms with Crippen molar-refractivity contribution in [2.24, 2.45) is 71.0 Å². The summed E-state index contributed by atoms with van der Waals surface area (Å²) < 4.78 is 0. The van der Waals surface area contributed by atoms with E-state index >= 15 is 0 Å². The molecule has 286 valence electrons. The third kappa shape index (κ3) is 4.92. The predicted octanol–water partition coefficient (Wildman–Crippen LogP) is 3.76. The van der Waals surface area contributed by atoms with Gasteiger partial charge >= 0.3 is 0 Å². The lowest BCUT2D eigenvalue weighted by Gasteiger charge is -2.23. The van der Waals surface area contributed by atoms with E-state index in [-0.39, 0.29) is 101 Å². The molecule has 0 radical (unpaired) electrons. The van der Waals surface area contributed by atoms with E-state index in [4.69, 9.17) is 14.5 Å². The molecule has 6 bridgehead atoms. The van der Waals surface area contributed by atoms with Crippen LogP contribution in [-0.4, -0.2) is 62.6 Å². The maximum absolute atomic E-state index is 13.6. The first-order valence-corrected chi connectivity index (χ1v) is 19.7. The monoisotopic (exact) mass is 757 g/mol. The summed E-state index contributed by atoms with van der Waals surface area (Å²) in [6.45, 7) is 0.972. The summed E-state index contributed by atoms with van der Waals surface area (Å²) in [4.78, 5) is 99.9. The standard InChI is InChI=1S/C43H40N4O9/c1-44(18-21-2-4-22(5-3-21)20-54-45-38(48)32-23-6-7-24(14-23)33(32)39(45)49)19-29-12-13-30(55-46-40(50)34-25-8-9-26(15-25)35(34)41(46)51)17-31(29)56-47-42(52)36-27-10-11-28(16-27)37(36)43(47)53/h2-13,17,23-28,32-37H,14-16,18-20H2,1H3/t23-,24+,25-,26+,27-,28+,32?,33?,34?,35?,36?,37?/i46+1. The van der Waals surface area contributed by atoms with Crippen LogP contribution in [0.15, 0.2) is 78.9 Å². The minimum Gasteiger partial charge on any atom is -0.369 e. The van der Waals surface area contributed by atoms with E-state index in [0.717, 1.165) is 45.6 Å². The van der Waals surface area contributed by atoms with Gasteiger partial charge in [0.2, 0.25) is 0 Å². The predicted molar refractivity (Wildman–Crippen MR) is 193 cm³/mol. The van der Waals surface area contributed by atoms with Crippen LogP contribution in [0.25, 0.3) is 0 Å². The average Bonchev–Trinajstić information content (AvgIpc) is 4.07. The van der Waals surface area contributed by atoms with Crippen molar-refractivity contribution in [3.05, 3.63) is 95.6 Å². The quantitative estimate of drug-likeness (QED) is 0.189. The van der Waals surface area contributed by atoms with E-state index in [2.05, 4.69) is 12.2 Å². The number of imide groups is 3. The molecule has 3 saturated carbocycles. The lowest BCUT2D eigenvalue weighted by molar-refractivity contribution is -0.194. The lowest BCUT2D eigenvalue weighted by atomic mass is 9.85. The maximum atomic E-state index is 13.6. The second-order valence-electron chi connectivity index (χ2n) is 17.1. The Morgan fingerprint density at radius 3 is 1.39 bits per heavy atom. The highest BCUT2D eigenvalue weighted by Gasteiger charge is 2.63. The van der Waals surface area contributed by atoms with Gasteiger partial charge in [-0.1, -0.05) is 66.8 Å². The summed E-state index contributed by atoms with van der Waals surface area (Å²) in [5.74, 6) is -3.52. The van der Waals surface area contributed by atoms with Gasteiger partial charge in [0.1, 0.15) is 6.61 Å². The third-order valence-electron chi connectivity index (χ3n) is 14.0.